The van der Waals surface area contributed by atoms with Gasteiger partial charge in [-0.3, -0.25) is 0 Å². The van der Waals surface area contributed by atoms with Gasteiger partial charge in [0.1, 0.15) is 0 Å². The Morgan fingerprint density at radius 2 is 0.933 bits per heavy atom. The first-order valence-corrected chi connectivity index (χ1v) is 23.8. The molecular weight excluding hydrogens is 746 g/mol. The van der Waals surface area contributed by atoms with Crippen molar-refractivity contribution in [1.29, 1.82) is 0 Å². The van der Waals surface area contributed by atoms with Crippen LogP contribution in [0, 0.1) is 0 Å². The Kier molecular flexibility index (Phi) is 9.26. The number of benzene rings is 8. The van der Waals surface area contributed by atoms with Gasteiger partial charge < -0.3 is 14.7 Å². The average molecular weight is 796 g/mol. The maximum absolute atomic E-state index is 2.52. The minimum atomic E-state index is -0.884. The fourth-order valence-electron chi connectivity index (χ4n) is 9.14. The standard InChI is InChI=1S/C55H50BN3S/c1-55(2,3)41-28-25-39(26-29-41)40-27-35-48-52(37-40)59(45-30-33-47(34-31-45)60(4,5)6)51-24-16-23-50-54(51)56(48)49-36-32-46(38-53(49)58(50)44-21-14-9-15-22-44)57(42-17-10-7-11-18-42)43-19-12-8-13-20-43/h7-38H,1-6H3. The van der Waals surface area contributed by atoms with E-state index in [0.717, 1.165) is 22.7 Å². The molecule has 0 radical (unpaired) electrons. The Morgan fingerprint density at radius 1 is 0.433 bits per heavy atom. The molecule has 0 unspecified atom stereocenters. The van der Waals surface area contributed by atoms with Gasteiger partial charge in [0.05, 0.1) is 0 Å². The number of nitrogens with zero attached hydrogens (tertiary/aromatic N) is 3. The van der Waals surface area contributed by atoms with Crippen LogP contribution in [0.1, 0.15) is 26.3 Å². The molecule has 5 heteroatoms. The van der Waals surface area contributed by atoms with Crippen LogP contribution in [0.4, 0.5) is 51.2 Å². The van der Waals surface area contributed by atoms with Crippen LogP contribution in [0.5, 0.6) is 0 Å². The number of hydrogen-bond donors (Lipinski definition) is 0. The van der Waals surface area contributed by atoms with Crippen LogP contribution < -0.4 is 31.1 Å². The van der Waals surface area contributed by atoms with Gasteiger partial charge in [-0.2, -0.15) is 0 Å². The van der Waals surface area contributed by atoms with E-state index in [4.69, 9.17) is 0 Å². The molecule has 0 N–H and O–H groups in total. The first-order valence-electron chi connectivity index (χ1n) is 20.9. The Morgan fingerprint density at radius 3 is 1.48 bits per heavy atom. The highest BCUT2D eigenvalue weighted by molar-refractivity contribution is 8.32. The molecule has 60 heavy (non-hydrogen) atoms. The predicted molar refractivity (Wildman–Crippen MR) is 263 cm³/mol. The lowest BCUT2D eigenvalue weighted by molar-refractivity contribution is 0.590. The molecule has 0 spiro atoms. The van der Waals surface area contributed by atoms with Crippen molar-refractivity contribution < 1.29 is 0 Å². The van der Waals surface area contributed by atoms with Crippen molar-refractivity contribution in [3.63, 3.8) is 0 Å². The van der Waals surface area contributed by atoms with Crippen molar-refractivity contribution in [1.82, 2.24) is 0 Å². The molecule has 0 fully saturated rings. The number of hydrogen-bond acceptors (Lipinski definition) is 3. The monoisotopic (exact) mass is 795 g/mol. The maximum atomic E-state index is 2.52. The van der Waals surface area contributed by atoms with Crippen molar-refractivity contribution in [2.45, 2.75) is 31.1 Å². The Balaban J connectivity index is 1.21. The molecule has 8 aromatic carbocycles. The van der Waals surface area contributed by atoms with Crippen LogP contribution >= 0.6 is 10.0 Å². The third-order valence-electron chi connectivity index (χ3n) is 12.2. The summed E-state index contributed by atoms with van der Waals surface area (Å²) in [5.74, 6) is 0. The molecule has 0 aromatic heterocycles. The predicted octanol–water partition coefficient (Wildman–Crippen LogP) is 13.3. The second-order valence-corrected chi connectivity index (χ2v) is 22.0. The largest absolute Gasteiger partial charge is 0.311 e. The molecule has 0 bridgehead atoms. The highest BCUT2D eigenvalue weighted by atomic mass is 32.3. The number of fused-ring (bicyclic) bond motifs is 4. The van der Waals surface area contributed by atoms with Gasteiger partial charge in [-0.15, -0.1) is 0 Å². The van der Waals surface area contributed by atoms with Gasteiger partial charge in [0.15, 0.2) is 0 Å². The van der Waals surface area contributed by atoms with Crippen molar-refractivity contribution in [3.8, 4) is 11.1 Å². The fraction of sp³-hybridized carbons (Fsp3) is 0.127. The summed E-state index contributed by atoms with van der Waals surface area (Å²) < 4.78 is 0. The normalized spacial score (nSPS) is 13.3. The first kappa shape index (κ1) is 37.8. The summed E-state index contributed by atoms with van der Waals surface area (Å²) in [6.07, 6.45) is 7.11. The summed E-state index contributed by atoms with van der Waals surface area (Å²) in [5, 5.41) is 0. The van der Waals surface area contributed by atoms with Crippen molar-refractivity contribution in [3.05, 3.63) is 200 Å². The average Bonchev–Trinajstić information content (AvgIpc) is 3.27. The molecule has 2 aliphatic heterocycles. The van der Waals surface area contributed by atoms with Crippen LogP contribution in [-0.4, -0.2) is 25.5 Å². The molecule has 294 valence electrons. The number of anilines is 9. The molecule has 0 saturated carbocycles. The first-order chi connectivity index (χ1) is 29.0. The van der Waals surface area contributed by atoms with Crippen LogP contribution in [0.2, 0.25) is 0 Å². The topological polar surface area (TPSA) is 9.72 Å². The van der Waals surface area contributed by atoms with Gasteiger partial charge in [-0.25, -0.2) is 10.0 Å². The number of rotatable bonds is 7. The van der Waals surface area contributed by atoms with E-state index in [-0.39, 0.29) is 12.1 Å². The summed E-state index contributed by atoms with van der Waals surface area (Å²) in [6.45, 7) is 6.86. The lowest BCUT2D eigenvalue weighted by Crippen LogP contribution is -2.61. The van der Waals surface area contributed by atoms with Gasteiger partial charge in [0.2, 0.25) is 0 Å². The minimum absolute atomic E-state index is 0.0176. The molecule has 0 saturated heterocycles. The molecule has 0 aliphatic carbocycles. The van der Waals surface area contributed by atoms with Crippen LogP contribution in [-0.2, 0) is 5.41 Å². The van der Waals surface area contributed by atoms with E-state index in [1.54, 1.807) is 0 Å². The van der Waals surface area contributed by atoms with E-state index in [9.17, 15) is 0 Å². The van der Waals surface area contributed by atoms with Crippen LogP contribution in [0.3, 0.4) is 0 Å². The van der Waals surface area contributed by atoms with E-state index in [0.29, 0.717) is 0 Å². The molecule has 3 nitrogen and oxygen atoms in total. The smallest absolute Gasteiger partial charge is 0.252 e. The van der Waals surface area contributed by atoms with Crippen LogP contribution in [0.15, 0.2) is 199 Å². The van der Waals surface area contributed by atoms with E-state index >= 15 is 0 Å². The molecule has 0 amide bonds. The van der Waals surface area contributed by atoms with Gasteiger partial charge in [-0.1, -0.05) is 124 Å². The molecule has 10 rings (SSSR count). The summed E-state index contributed by atoms with van der Waals surface area (Å²) >= 11 is 0. The van der Waals surface area contributed by atoms with Crippen molar-refractivity contribution in [2.75, 3.05) is 33.5 Å². The second kappa shape index (κ2) is 14.7. The van der Waals surface area contributed by atoms with Crippen molar-refractivity contribution >= 4 is 84.3 Å². The van der Waals surface area contributed by atoms with Gasteiger partial charge in [0.25, 0.3) is 6.71 Å². The molecule has 0 atom stereocenters. The highest BCUT2D eigenvalue weighted by Gasteiger charge is 2.43. The lowest BCUT2D eigenvalue weighted by atomic mass is 9.33. The van der Waals surface area contributed by atoms with Gasteiger partial charge >= 0.3 is 0 Å². The van der Waals surface area contributed by atoms with E-state index < -0.39 is 10.0 Å². The van der Waals surface area contributed by atoms with E-state index in [1.807, 2.05) is 0 Å². The van der Waals surface area contributed by atoms with Crippen molar-refractivity contribution in [2.24, 2.45) is 0 Å². The SMILES string of the molecule is CC(C)(C)c1ccc(-c2ccc3c(c2)N(c2ccc(S(C)(C)C)cc2)c2cccc4c2B3c2ccc(N(c3ccccc3)c3ccccc3)cc2N4c2ccccc2)cc1. The van der Waals surface area contributed by atoms with Gasteiger partial charge in [0, 0.05) is 51.2 Å². The van der Waals surface area contributed by atoms with E-state index in [1.165, 1.54) is 66.4 Å². The molecule has 2 aliphatic rings. The third kappa shape index (κ3) is 6.58. The zero-order valence-corrected chi connectivity index (χ0v) is 36.1. The lowest BCUT2D eigenvalue weighted by Gasteiger charge is -2.44. The summed E-state index contributed by atoms with van der Waals surface area (Å²) in [7, 11) is -0.884. The van der Waals surface area contributed by atoms with Crippen LogP contribution in [0.25, 0.3) is 11.1 Å². The summed E-state index contributed by atoms with van der Waals surface area (Å²) in [5.41, 5.74) is 18.3. The number of para-hydroxylation sites is 3. The molecular formula is C55H50BN3S. The maximum Gasteiger partial charge on any atom is 0.252 e. The summed E-state index contributed by atoms with van der Waals surface area (Å²) in [4.78, 5) is 8.78. The highest BCUT2D eigenvalue weighted by Crippen LogP contribution is 2.49. The quantitative estimate of drug-likeness (QED) is 0.149. The zero-order valence-electron chi connectivity index (χ0n) is 35.3. The Bertz CT molecular complexity index is 2790. The second-order valence-electron chi connectivity index (χ2n) is 17.8. The molecule has 8 aromatic rings. The molecule has 2 heterocycles. The minimum Gasteiger partial charge on any atom is -0.311 e. The Labute approximate surface area is 358 Å². The fourth-order valence-corrected chi connectivity index (χ4v) is 10.1. The van der Waals surface area contributed by atoms with E-state index in [2.05, 4.69) is 248 Å². The summed E-state index contributed by atoms with van der Waals surface area (Å²) in [6, 6.07) is 72.0. The zero-order chi connectivity index (χ0) is 41.2. The van der Waals surface area contributed by atoms with Gasteiger partial charge in [-0.05, 0) is 153 Å². The Hall–Kier alpha value is -6.43. The third-order valence-corrected chi connectivity index (χ3v) is 13.9.